The highest BCUT2D eigenvalue weighted by Gasteiger charge is 2.43. The average molecular weight is 448 g/mol. The fourth-order valence-corrected chi connectivity index (χ4v) is 3.24. The van der Waals surface area contributed by atoms with Crippen LogP contribution in [0.3, 0.4) is 0 Å². The Morgan fingerprint density at radius 3 is 2.69 bits per heavy atom. The van der Waals surface area contributed by atoms with Gasteiger partial charge in [0.05, 0.1) is 11.8 Å². The van der Waals surface area contributed by atoms with Crippen LogP contribution >= 0.6 is 0 Å². The Morgan fingerprint density at radius 1 is 1.19 bits per heavy atom. The van der Waals surface area contributed by atoms with Crippen LogP contribution in [0.2, 0.25) is 0 Å². The van der Waals surface area contributed by atoms with Gasteiger partial charge >= 0.3 is 6.55 Å². The van der Waals surface area contributed by atoms with Crippen LogP contribution in [-0.4, -0.2) is 28.6 Å². The SMILES string of the molecule is N#Cc1cnc2c(Nc3cc(F)c(F)c([C@H]4C[C@H]4O/C(N)=N\C(F)F)c3)ncc(F)c2c1. The number of halogens is 5. The first-order chi connectivity index (χ1) is 15.3. The largest absolute Gasteiger partial charge is 0.461 e. The van der Waals surface area contributed by atoms with Gasteiger partial charge in [-0.15, -0.1) is 0 Å². The number of alkyl halides is 2. The first-order valence-corrected chi connectivity index (χ1v) is 9.15. The van der Waals surface area contributed by atoms with Crippen molar-refractivity contribution in [3.8, 4) is 6.07 Å². The van der Waals surface area contributed by atoms with E-state index < -0.39 is 42.0 Å². The number of nitrogens with zero attached hydrogens (tertiary/aromatic N) is 4. The molecule has 3 N–H and O–H groups in total. The molecule has 4 rings (SSSR count). The van der Waals surface area contributed by atoms with E-state index in [1.807, 2.05) is 6.07 Å². The fourth-order valence-electron chi connectivity index (χ4n) is 3.24. The van der Waals surface area contributed by atoms with Crippen LogP contribution in [0, 0.1) is 28.8 Å². The number of rotatable bonds is 5. The van der Waals surface area contributed by atoms with E-state index in [1.54, 1.807) is 0 Å². The third-order valence-corrected chi connectivity index (χ3v) is 4.75. The van der Waals surface area contributed by atoms with Gasteiger partial charge in [-0.2, -0.15) is 19.0 Å². The highest BCUT2D eigenvalue weighted by molar-refractivity contribution is 5.90. The fraction of sp³-hybridized carbons (Fsp3) is 0.200. The third-order valence-electron chi connectivity index (χ3n) is 4.75. The molecule has 2 atom stereocenters. The van der Waals surface area contributed by atoms with E-state index in [0.29, 0.717) is 0 Å². The van der Waals surface area contributed by atoms with Crippen molar-refractivity contribution in [2.24, 2.45) is 10.7 Å². The summed E-state index contributed by atoms with van der Waals surface area (Å²) in [7, 11) is 0. The normalized spacial score (nSPS) is 18.0. The number of pyridine rings is 2. The van der Waals surface area contributed by atoms with Crippen molar-refractivity contribution in [1.29, 1.82) is 5.26 Å². The van der Waals surface area contributed by atoms with Gasteiger partial charge in [-0.3, -0.25) is 4.98 Å². The lowest BCUT2D eigenvalue weighted by Crippen LogP contribution is -2.19. The van der Waals surface area contributed by atoms with E-state index in [2.05, 4.69) is 20.3 Å². The first-order valence-electron chi connectivity index (χ1n) is 9.15. The number of aromatic nitrogens is 2. The lowest BCUT2D eigenvalue weighted by molar-refractivity contribution is 0.152. The molecule has 1 saturated carbocycles. The second kappa shape index (κ2) is 8.26. The lowest BCUT2D eigenvalue weighted by Gasteiger charge is -2.12. The average Bonchev–Trinajstić information content (AvgIpc) is 3.50. The van der Waals surface area contributed by atoms with Gasteiger partial charge in [0, 0.05) is 29.3 Å². The van der Waals surface area contributed by atoms with Gasteiger partial charge in [-0.05, 0) is 24.1 Å². The van der Waals surface area contributed by atoms with Gasteiger partial charge in [0.25, 0.3) is 6.02 Å². The Morgan fingerprint density at radius 2 is 1.97 bits per heavy atom. The summed E-state index contributed by atoms with van der Waals surface area (Å²) in [6.07, 6.45) is 1.61. The highest BCUT2D eigenvalue weighted by Crippen LogP contribution is 2.45. The van der Waals surface area contributed by atoms with Gasteiger partial charge in [0.1, 0.15) is 17.7 Å². The molecule has 1 aliphatic carbocycles. The molecule has 1 aromatic carbocycles. The van der Waals surface area contributed by atoms with Crippen molar-refractivity contribution in [3.05, 3.63) is 59.2 Å². The van der Waals surface area contributed by atoms with Crippen LogP contribution in [0.1, 0.15) is 23.5 Å². The number of fused-ring (bicyclic) bond motifs is 1. The van der Waals surface area contributed by atoms with Crippen molar-refractivity contribution in [1.82, 2.24) is 9.97 Å². The number of nitrogens with two attached hydrogens (primary N) is 1. The van der Waals surface area contributed by atoms with Gasteiger partial charge in [-0.1, -0.05) is 0 Å². The molecule has 2 heterocycles. The van der Waals surface area contributed by atoms with E-state index in [4.69, 9.17) is 15.7 Å². The number of aliphatic imine (C=N–C) groups is 1. The number of nitriles is 1. The summed E-state index contributed by atoms with van der Waals surface area (Å²) in [4.78, 5) is 10.7. The molecule has 32 heavy (non-hydrogen) atoms. The van der Waals surface area contributed by atoms with Gasteiger partial charge in [0.15, 0.2) is 23.3 Å². The van der Waals surface area contributed by atoms with E-state index in [1.165, 1.54) is 18.3 Å². The predicted octanol–water partition coefficient (Wildman–Crippen LogP) is 4.07. The molecule has 1 fully saturated rings. The molecule has 12 heteroatoms. The summed E-state index contributed by atoms with van der Waals surface area (Å²) in [6.45, 7) is -3.05. The summed E-state index contributed by atoms with van der Waals surface area (Å²) in [6, 6.07) is 4.58. The van der Waals surface area contributed by atoms with Crippen LogP contribution in [0.5, 0.6) is 0 Å². The van der Waals surface area contributed by atoms with Gasteiger partial charge < -0.3 is 15.8 Å². The number of benzene rings is 1. The molecular formula is C20H13F5N6O. The number of hydrogen-bond acceptors (Lipinski definition) is 6. The maximum absolute atomic E-state index is 14.4. The summed E-state index contributed by atoms with van der Waals surface area (Å²) in [5.74, 6) is -3.57. The summed E-state index contributed by atoms with van der Waals surface area (Å²) in [5.41, 5.74) is 5.49. The molecule has 0 amide bonds. The molecule has 0 radical (unpaired) electrons. The summed E-state index contributed by atoms with van der Waals surface area (Å²) in [5, 5.41) is 11.8. The van der Waals surface area contributed by atoms with Crippen molar-refractivity contribution < 1.29 is 26.7 Å². The monoisotopic (exact) mass is 448 g/mol. The molecule has 2 aromatic heterocycles. The van der Waals surface area contributed by atoms with Crippen LogP contribution < -0.4 is 11.1 Å². The molecule has 0 spiro atoms. The number of amidine groups is 1. The van der Waals surface area contributed by atoms with Crippen molar-refractivity contribution >= 4 is 28.4 Å². The van der Waals surface area contributed by atoms with Crippen LogP contribution in [0.4, 0.5) is 33.5 Å². The van der Waals surface area contributed by atoms with Gasteiger partial charge in [-0.25, -0.2) is 18.2 Å². The minimum absolute atomic E-state index is 0.0220. The van der Waals surface area contributed by atoms with Crippen molar-refractivity contribution in [2.75, 3.05) is 5.32 Å². The molecule has 0 bridgehead atoms. The van der Waals surface area contributed by atoms with E-state index in [9.17, 15) is 22.0 Å². The zero-order valence-corrected chi connectivity index (χ0v) is 16.0. The molecule has 0 aliphatic heterocycles. The number of anilines is 2. The van der Waals surface area contributed by atoms with Crippen molar-refractivity contribution in [3.63, 3.8) is 0 Å². The Bertz CT molecular complexity index is 1280. The molecule has 1 aliphatic rings. The minimum atomic E-state index is -3.05. The summed E-state index contributed by atoms with van der Waals surface area (Å²) < 4.78 is 72.2. The minimum Gasteiger partial charge on any atom is -0.461 e. The van der Waals surface area contributed by atoms with E-state index in [0.717, 1.165) is 12.3 Å². The van der Waals surface area contributed by atoms with E-state index in [-0.39, 0.29) is 40.0 Å². The van der Waals surface area contributed by atoms with Crippen molar-refractivity contribution in [2.45, 2.75) is 25.0 Å². The molecule has 7 nitrogen and oxygen atoms in total. The Labute approximate surface area is 177 Å². The maximum atomic E-state index is 14.4. The second-order valence-electron chi connectivity index (χ2n) is 6.92. The van der Waals surface area contributed by atoms with Crippen LogP contribution in [-0.2, 0) is 4.74 Å². The quantitative estimate of drug-likeness (QED) is 0.264. The first kappa shape index (κ1) is 21.2. The number of hydrogen-bond donors (Lipinski definition) is 2. The zero-order valence-electron chi connectivity index (χ0n) is 16.0. The van der Waals surface area contributed by atoms with Crippen LogP contribution in [0.25, 0.3) is 10.9 Å². The molecule has 164 valence electrons. The maximum Gasteiger partial charge on any atom is 0.336 e. The Balaban J connectivity index is 1.62. The lowest BCUT2D eigenvalue weighted by atomic mass is 10.1. The molecule has 0 unspecified atom stereocenters. The van der Waals surface area contributed by atoms with Crippen LogP contribution in [0.15, 0.2) is 35.6 Å². The molecule has 3 aromatic rings. The smallest absolute Gasteiger partial charge is 0.336 e. The molecule has 0 saturated heterocycles. The zero-order chi connectivity index (χ0) is 23.0. The number of ether oxygens (including phenoxy) is 1. The Kier molecular flexibility index (Phi) is 5.48. The molecular weight excluding hydrogens is 435 g/mol. The predicted molar refractivity (Wildman–Crippen MR) is 104 cm³/mol. The standard InChI is InChI=1S/C20H13F5N6O/c21-13-3-9(2-11(16(13)23)10-4-15(10)32-20(27)31-19(24)25)30-18-17-12(14(22)7-29-18)1-8(5-26)6-28-17/h1-3,6-7,10,15,19H,4H2,(H2,27,31)(H,29,30)/t10-,15-/m1/s1. The Hall–Kier alpha value is -4.01. The summed E-state index contributed by atoms with van der Waals surface area (Å²) >= 11 is 0. The topological polar surface area (TPSA) is 109 Å². The third kappa shape index (κ3) is 4.22. The van der Waals surface area contributed by atoms with E-state index >= 15 is 0 Å². The number of nitrogens with one attached hydrogen (secondary N) is 1. The second-order valence-corrected chi connectivity index (χ2v) is 6.92. The highest BCUT2D eigenvalue weighted by atomic mass is 19.3. The van der Waals surface area contributed by atoms with Gasteiger partial charge in [0.2, 0.25) is 0 Å².